The Kier molecular flexibility index (Phi) is 3.36. The first-order valence-corrected chi connectivity index (χ1v) is 9.82. The van der Waals surface area contributed by atoms with E-state index in [0.717, 1.165) is 56.3 Å². The van der Waals surface area contributed by atoms with Crippen molar-refractivity contribution in [2.45, 2.75) is 56.2 Å². The van der Waals surface area contributed by atoms with E-state index in [1.54, 1.807) is 4.31 Å². The number of nitrogens with zero attached hydrogens (tertiary/aromatic N) is 2. The van der Waals surface area contributed by atoms with Gasteiger partial charge >= 0.3 is 0 Å². The summed E-state index contributed by atoms with van der Waals surface area (Å²) in [6.07, 6.45) is 7.03. The molecule has 0 aromatic carbocycles. The first-order valence-electron chi connectivity index (χ1n) is 8.21. The molecule has 0 bridgehead atoms. The van der Waals surface area contributed by atoms with Crippen LogP contribution in [-0.2, 0) is 28.6 Å². The van der Waals surface area contributed by atoms with Gasteiger partial charge in [-0.05, 0) is 38.0 Å². The predicted molar refractivity (Wildman–Crippen MR) is 81.6 cm³/mol. The highest BCUT2D eigenvalue weighted by Gasteiger charge is 2.49. The maximum Gasteiger partial charge on any atom is 0.220 e. The Morgan fingerprint density at radius 1 is 1.32 bits per heavy atom. The average Bonchev–Trinajstić information content (AvgIpc) is 3.11. The third kappa shape index (κ3) is 2.30. The molecule has 3 aliphatic rings. The summed E-state index contributed by atoms with van der Waals surface area (Å²) in [6, 6.07) is 0. The maximum atomic E-state index is 12.7. The molecule has 4 rings (SSSR count). The molecule has 0 spiro atoms. The molecule has 0 amide bonds. The Hall–Kier alpha value is -0.920. The van der Waals surface area contributed by atoms with E-state index >= 15 is 0 Å². The number of hydrogen-bond donors (Lipinski definition) is 1. The van der Waals surface area contributed by atoms with Gasteiger partial charge in [-0.25, -0.2) is 8.42 Å². The number of nitrogens with two attached hydrogens (primary N) is 1. The minimum absolute atomic E-state index is 0.0470. The van der Waals surface area contributed by atoms with Crippen LogP contribution in [0.4, 0.5) is 0 Å². The first kappa shape index (κ1) is 14.7. The lowest BCUT2D eigenvalue weighted by atomic mass is 9.92. The van der Waals surface area contributed by atoms with Crippen LogP contribution in [0.5, 0.6) is 0 Å². The van der Waals surface area contributed by atoms with E-state index in [4.69, 9.17) is 10.3 Å². The van der Waals surface area contributed by atoms with Gasteiger partial charge in [-0.3, -0.25) is 0 Å². The molecule has 7 heteroatoms. The van der Waals surface area contributed by atoms with E-state index in [-0.39, 0.29) is 11.3 Å². The molecule has 1 aromatic heterocycles. The zero-order valence-corrected chi connectivity index (χ0v) is 13.6. The van der Waals surface area contributed by atoms with Crippen molar-refractivity contribution in [1.82, 2.24) is 9.46 Å². The fraction of sp³-hybridized carbons (Fsp3) is 0.800. The second-order valence-electron chi connectivity index (χ2n) is 7.11. The van der Waals surface area contributed by atoms with Crippen LogP contribution < -0.4 is 5.73 Å². The molecule has 1 saturated carbocycles. The summed E-state index contributed by atoms with van der Waals surface area (Å²) >= 11 is 0. The van der Waals surface area contributed by atoms with Crippen LogP contribution in [-0.4, -0.2) is 36.5 Å². The predicted octanol–water partition coefficient (Wildman–Crippen LogP) is 1.20. The highest BCUT2D eigenvalue weighted by atomic mass is 32.2. The molecule has 2 N–H and O–H groups in total. The summed E-state index contributed by atoms with van der Waals surface area (Å²) < 4.78 is 32.4. The van der Waals surface area contributed by atoms with Gasteiger partial charge in [0, 0.05) is 30.6 Å². The molecule has 1 saturated heterocycles. The molecule has 2 unspecified atom stereocenters. The molecule has 2 fully saturated rings. The Labute approximate surface area is 131 Å². The lowest BCUT2D eigenvalue weighted by Crippen LogP contribution is -2.45. The summed E-state index contributed by atoms with van der Waals surface area (Å²) in [5.74, 6) is 1.15. The van der Waals surface area contributed by atoms with Gasteiger partial charge in [0.2, 0.25) is 10.0 Å². The highest BCUT2D eigenvalue weighted by Crippen LogP contribution is 2.41. The molecule has 1 aromatic rings. The topological polar surface area (TPSA) is 89.4 Å². The minimum atomic E-state index is -3.37. The minimum Gasteiger partial charge on any atom is -0.361 e. The quantitative estimate of drug-likeness (QED) is 0.902. The number of aromatic nitrogens is 1. The molecule has 2 heterocycles. The average molecular weight is 325 g/mol. The second-order valence-corrected chi connectivity index (χ2v) is 9.08. The van der Waals surface area contributed by atoms with E-state index in [0.29, 0.717) is 24.7 Å². The van der Waals surface area contributed by atoms with Crippen molar-refractivity contribution >= 4 is 10.0 Å². The van der Waals surface area contributed by atoms with Crippen LogP contribution in [0.25, 0.3) is 0 Å². The van der Waals surface area contributed by atoms with Gasteiger partial charge < -0.3 is 10.3 Å². The van der Waals surface area contributed by atoms with Gasteiger partial charge in [-0.15, -0.1) is 0 Å². The van der Waals surface area contributed by atoms with Crippen LogP contribution in [0.3, 0.4) is 0 Å². The molecule has 1 aliphatic heterocycles. The van der Waals surface area contributed by atoms with Crippen LogP contribution in [0.2, 0.25) is 0 Å². The fourth-order valence-electron chi connectivity index (χ4n) is 4.33. The highest BCUT2D eigenvalue weighted by molar-refractivity contribution is 7.88. The molecule has 0 radical (unpaired) electrons. The van der Waals surface area contributed by atoms with Crippen LogP contribution in [0.1, 0.15) is 49.1 Å². The van der Waals surface area contributed by atoms with Crippen LogP contribution in [0.15, 0.2) is 4.52 Å². The van der Waals surface area contributed by atoms with Gasteiger partial charge in [-0.1, -0.05) is 11.6 Å². The van der Waals surface area contributed by atoms with Gasteiger partial charge in [0.15, 0.2) is 0 Å². The molecular formula is C15H23N3O3S. The SMILES string of the molecule is NC12CCCC1CN(S(=O)(=O)Cc1noc3c1CCCC3)C2. The number of fused-ring (bicyclic) bond motifs is 2. The normalized spacial score (nSPS) is 32.1. The van der Waals surface area contributed by atoms with E-state index < -0.39 is 10.0 Å². The zero-order chi connectivity index (χ0) is 15.4. The van der Waals surface area contributed by atoms with E-state index in [2.05, 4.69) is 5.16 Å². The zero-order valence-electron chi connectivity index (χ0n) is 12.8. The summed E-state index contributed by atoms with van der Waals surface area (Å²) in [5, 5.41) is 4.03. The second kappa shape index (κ2) is 5.04. The van der Waals surface area contributed by atoms with Crippen molar-refractivity contribution in [3.63, 3.8) is 0 Å². The van der Waals surface area contributed by atoms with Gasteiger partial charge in [0.25, 0.3) is 0 Å². The lowest BCUT2D eigenvalue weighted by Gasteiger charge is -2.23. The monoisotopic (exact) mass is 325 g/mol. The Balaban J connectivity index is 1.54. The fourth-order valence-corrected chi connectivity index (χ4v) is 5.93. The smallest absolute Gasteiger partial charge is 0.220 e. The van der Waals surface area contributed by atoms with Crippen molar-refractivity contribution in [1.29, 1.82) is 0 Å². The standard InChI is InChI=1S/C15H23N3O3S/c16-15-7-3-4-11(15)8-18(10-15)22(19,20)9-13-12-5-1-2-6-14(12)21-17-13/h11H,1-10,16H2. The first-order chi connectivity index (χ1) is 10.5. The third-order valence-corrected chi connectivity index (χ3v) is 7.35. The molecule has 6 nitrogen and oxygen atoms in total. The number of aryl methyl sites for hydroxylation is 1. The molecule has 2 aliphatic carbocycles. The number of rotatable bonds is 3. The van der Waals surface area contributed by atoms with E-state index in [9.17, 15) is 8.42 Å². The van der Waals surface area contributed by atoms with E-state index in [1.807, 2.05) is 0 Å². The van der Waals surface area contributed by atoms with Crippen molar-refractivity contribution in [3.8, 4) is 0 Å². The molecule has 2 atom stereocenters. The van der Waals surface area contributed by atoms with Crippen LogP contribution >= 0.6 is 0 Å². The van der Waals surface area contributed by atoms with Crippen LogP contribution in [0, 0.1) is 5.92 Å². The van der Waals surface area contributed by atoms with Gasteiger partial charge in [0.05, 0.1) is 0 Å². The van der Waals surface area contributed by atoms with Crippen molar-refractivity contribution in [3.05, 3.63) is 17.0 Å². The van der Waals surface area contributed by atoms with Crippen molar-refractivity contribution in [2.24, 2.45) is 11.7 Å². The Morgan fingerprint density at radius 3 is 2.95 bits per heavy atom. The molecular weight excluding hydrogens is 302 g/mol. The lowest BCUT2D eigenvalue weighted by molar-refractivity contribution is 0.368. The summed E-state index contributed by atoms with van der Waals surface area (Å²) in [4.78, 5) is 0. The summed E-state index contributed by atoms with van der Waals surface area (Å²) in [6.45, 7) is 1.03. The third-order valence-electron chi connectivity index (χ3n) is 5.65. The Bertz CT molecular complexity index is 684. The van der Waals surface area contributed by atoms with Gasteiger partial charge in [-0.2, -0.15) is 4.31 Å². The Morgan fingerprint density at radius 2 is 2.14 bits per heavy atom. The summed E-state index contributed by atoms with van der Waals surface area (Å²) in [5.41, 5.74) is 7.72. The number of hydrogen-bond acceptors (Lipinski definition) is 5. The van der Waals surface area contributed by atoms with Crippen molar-refractivity contribution in [2.75, 3.05) is 13.1 Å². The van der Waals surface area contributed by atoms with Gasteiger partial charge in [0.1, 0.15) is 17.2 Å². The molecule has 122 valence electrons. The largest absolute Gasteiger partial charge is 0.361 e. The van der Waals surface area contributed by atoms with Crippen molar-refractivity contribution < 1.29 is 12.9 Å². The number of sulfonamides is 1. The van der Waals surface area contributed by atoms with E-state index in [1.165, 1.54) is 0 Å². The molecule has 22 heavy (non-hydrogen) atoms. The summed E-state index contributed by atoms with van der Waals surface area (Å²) in [7, 11) is -3.37. The maximum absolute atomic E-state index is 12.7.